The van der Waals surface area contributed by atoms with E-state index in [1.54, 1.807) is 0 Å². The van der Waals surface area contributed by atoms with Gasteiger partial charge in [-0.25, -0.2) is 0 Å². The van der Waals surface area contributed by atoms with E-state index in [0.29, 0.717) is 5.78 Å². The normalized spacial score (nSPS) is 34.9. The molecule has 0 aromatic rings. The van der Waals surface area contributed by atoms with Gasteiger partial charge < -0.3 is 0 Å². The van der Waals surface area contributed by atoms with Crippen LogP contribution in [0.3, 0.4) is 0 Å². The minimum Gasteiger partial charge on any atom is -0.294 e. The van der Waals surface area contributed by atoms with Crippen LogP contribution < -0.4 is 0 Å². The quantitative estimate of drug-likeness (QED) is 0.653. The third-order valence-electron chi connectivity index (χ3n) is 4.64. The molecule has 0 aromatic heterocycles. The Hall–Kier alpha value is -0.850. The molecular formula is C15H20O. The minimum absolute atomic E-state index is 0.247. The highest BCUT2D eigenvalue weighted by atomic mass is 16.1. The largest absolute Gasteiger partial charge is 0.294 e. The summed E-state index contributed by atoms with van der Waals surface area (Å²) in [6, 6.07) is 0. The van der Waals surface area contributed by atoms with E-state index >= 15 is 0 Å². The van der Waals surface area contributed by atoms with Gasteiger partial charge in [0.2, 0.25) is 0 Å². The molecule has 0 spiro atoms. The molecule has 0 N–H and O–H groups in total. The molecule has 1 nitrogen and oxygen atoms in total. The summed E-state index contributed by atoms with van der Waals surface area (Å²) in [5.74, 6) is 2.27. The summed E-state index contributed by atoms with van der Waals surface area (Å²) < 4.78 is 0. The number of Topliss-reactive ketones (excluding diaryl/α,β-unsaturated/α-hetero) is 1. The average molecular weight is 216 g/mol. The fourth-order valence-electron chi connectivity index (χ4n) is 3.69. The topological polar surface area (TPSA) is 17.1 Å². The van der Waals surface area contributed by atoms with E-state index in [4.69, 9.17) is 0 Å². The van der Waals surface area contributed by atoms with Crippen molar-refractivity contribution >= 4 is 5.78 Å². The zero-order chi connectivity index (χ0) is 11.1. The second kappa shape index (κ2) is 3.87. The summed E-state index contributed by atoms with van der Waals surface area (Å²) in [7, 11) is 0. The first-order valence-electron chi connectivity index (χ1n) is 6.70. The second-order valence-electron chi connectivity index (χ2n) is 5.76. The van der Waals surface area contributed by atoms with Crippen LogP contribution >= 0.6 is 0 Å². The van der Waals surface area contributed by atoms with Crippen molar-refractivity contribution in [1.29, 1.82) is 0 Å². The Balaban J connectivity index is 1.76. The third kappa shape index (κ3) is 1.57. The molecule has 1 heteroatoms. The van der Waals surface area contributed by atoms with Crippen molar-refractivity contribution < 1.29 is 4.79 Å². The Bertz CT molecular complexity index is 369. The first-order valence-corrected chi connectivity index (χ1v) is 6.70. The maximum atomic E-state index is 11.9. The highest BCUT2D eigenvalue weighted by molar-refractivity contribution is 6.03. The number of allylic oxidation sites excluding steroid dienone is 4. The predicted octanol–water partition coefficient (Wildman–Crippen LogP) is 3.66. The SMILES string of the molecule is CC1CC2=C(C=CC(C3CCCC3)C2)C1=O. The Kier molecular flexibility index (Phi) is 2.49. The summed E-state index contributed by atoms with van der Waals surface area (Å²) in [5.41, 5.74) is 2.51. The fraction of sp³-hybridized carbons (Fsp3) is 0.667. The lowest BCUT2D eigenvalue weighted by atomic mass is 9.81. The monoisotopic (exact) mass is 216 g/mol. The zero-order valence-corrected chi connectivity index (χ0v) is 10.0. The minimum atomic E-state index is 0.247. The van der Waals surface area contributed by atoms with E-state index in [1.807, 2.05) is 0 Å². The maximum Gasteiger partial charge on any atom is 0.165 e. The van der Waals surface area contributed by atoms with Crippen LogP contribution in [0.2, 0.25) is 0 Å². The number of rotatable bonds is 1. The van der Waals surface area contributed by atoms with Gasteiger partial charge >= 0.3 is 0 Å². The van der Waals surface area contributed by atoms with Gasteiger partial charge in [0.05, 0.1) is 0 Å². The van der Waals surface area contributed by atoms with Crippen molar-refractivity contribution in [2.24, 2.45) is 17.8 Å². The Labute approximate surface area is 97.6 Å². The van der Waals surface area contributed by atoms with Crippen LogP contribution in [-0.2, 0) is 4.79 Å². The zero-order valence-electron chi connectivity index (χ0n) is 10.0. The number of carbonyl (C=O) groups is 1. The van der Waals surface area contributed by atoms with Crippen molar-refractivity contribution in [2.45, 2.75) is 45.4 Å². The predicted molar refractivity (Wildman–Crippen MR) is 65.0 cm³/mol. The van der Waals surface area contributed by atoms with Gasteiger partial charge in [-0.2, -0.15) is 0 Å². The lowest BCUT2D eigenvalue weighted by Crippen LogP contribution is -2.13. The van der Waals surface area contributed by atoms with Gasteiger partial charge in [0.1, 0.15) is 0 Å². The summed E-state index contributed by atoms with van der Waals surface area (Å²) in [6.07, 6.45) is 12.3. The van der Waals surface area contributed by atoms with Crippen LogP contribution in [0.4, 0.5) is 0 Å². The molecule has 0 bridgehead atoms. The molecule has 1 fully saturated rings. The fourth-order valence-corrected chi connectivity index (χ4v) is 3.69. The Morgan fingerprint density at radius 3 is 2.69 bits per heavy atom. The van der Waals surface area contributed by atoms with E-state index < -0.39 is 0 Å². The van der Waals surface area contributed by atoms with Gasteiger partial charge in [0.25, 0.3) is 0 Å². The van der Waals surface area contributed by atoms with Gasteiger partial charge in [-0.3, -0.25) is 4.79 Å². The van der Waals surface area contributed by atoms with Crippen molar-refractivity contribution in [3.8, 4) is 0 Å². The van der Waals surface area contributed by atoms with Crippen LogP contribution in [0.5, 0.6) is 0 Å². The van der Waals surface area contributed by atoms with Crippen LogP contribution in [0.25, 0.3) is 0 Å². The molecule has 0 radical (unpaired) electrons. The highest BCUT2D eigenvalue weighted by Gasteiger charge is 2.34. The van der Waals surface area contributed by atoms with E-state index in [2.05, 4.69) is 19.1 Å². The van der Waals surface area contributed by atoms with Crippen LogP contribution in [0.15, 0.2) is 23.3 Å². The van der Waals surface area contributed by atoms with E-state index in [1.165, 1.54) is 37.7 Å². The molecule has 0 aliphatic heterocycles. The summed E-state index contributed by atoms with van der Waals surface area (Å²) in [6.45, 7) is 2.07. The molecule has 2 atom stereocenters. The molecule has 86 valence electrons. The molecule has 0 aromatic carbocycles. The highest BCUT2D eigenvalue weighted by Crippen LogP contribution is 2.42. The molecular weight excluding hydrogens is 196 g/mol. The molecule has 1 saturated carbocycles. The van der Waals surface area contributed by atoms with Crippen molar-refractivity contribution in [3.63, 3.8) is 0 Å². The summed E-state index contributed by atoms with van der Waals surface area (Å²) >= 11 is 0. The molecule has 3 rings (SSSR count). The first kappa shape index (κ1) is 10.3. The van der Waals surface area contributed by atoms with Crippen molar-refractivity contribution in [2.75, 3.05) is 0 Å². The molecule has 2 unspecified atom stereocenters. The van der Waals surface area contributed by atoms with Crippen LogP contribution in [0.1, 0.15) is 45.4 Å². The van der Waals surface area contributed by atoms with Crippen molar-refractivity contribution in [1.82, 2.24) is 0 Å². The Morgan fingerprint density at radius 2 is 1.94 bits per heavy atom. The van der Waals surface area contributed by atoms with Gasteiger partial charge in [-0.15, -0.1) is 0 Å². The van der Waals surface area contributed by atoms with Gasteiger partial charge in [-0.05, 0) is 37.5 Å². The summed E-state index contributed by atoms with van der Waals surface area (Å²) in [5, 5.41) is 0. The lowest BCUT2D eigenvalue weighted by molar-refractivity contribution is -0.117. The third-order valence-corrected chi connectivity index (χ3v) is 4.64. The molecule has 3 aliphatic rings. The summed E-state index contributed by atoms with van der Waals surface area (Å²) in [4.78, 5) is 11.9. The number of hydrogen-bond donors (Lipinski definition) is 0. The van der Waals surface area contributed by atoms with E-state index in [0.717, 1.165) is 23.8 Å². The number of ketones is 1. The second-order valence-corrected chi connectivity index (χ2v) is 5.76. The molecule has 0 amide bonds. The van der Waals surface area contributed by atoms with Gasteiger partial charge in [-0.1, -0.05) is 37.5 Å². The van der Waals surface area contributed by atoms with Crippen LogP contribution in [-0.4, -0.2) is 5.78 Å². The van der Waals surface area contributed by atoms with E-state index in [9.17, 15) is 4.79 Å². The van der Waals surface area contributed by atoms with Gasteiger partial charge in [0, 0.05) is 11.5 Å². The van der Waals surface area contributed by atoms with Gasteiger partial charge in [0.15, 0.2) is 5.78 Å². The lowest BCUT2D eigenvalue weighted by Gasteiger charge is -2.23. The number of hydrogen-bond acceptors (Lipinski definition) is 1. The van der Waals surface area contributed by atoms with E-state index in [-0.39, 0.29) is 5.92 Å². The molecule has 0 saturated heterocycles. The van der Waals surface area contributed by atoms with Crippen molar-refractivity contribution in [3.05, 3.63) is 23.3 Å². The molecule has 0 heterocycles. The smallest absolute Gasteiger partial charge is 0.165 e. The first-order chi connectivity index (χ1) is 7.75. The van der Waals surface area contributed by atoms with Crippen LogP contribution in [0, 0.1) is 17.8 Å². The molecule has 3 aliphatic carbocycles. The Morgan fingerprint density at radius 1 is 1.19 bits per heavy atom. The maximum absolute atomic E-state index is 11.9. The number of carbonyl (C=O) groups excluding carboxylic acids is 1. The average Bonchev–Trinajstić information content (AvgIpc) is 2.88. The molecule has 16 heavy (non-hydrogen) atoms. The standard InChI is InChI=1S/C15H20O/c1-10-8-13-9-12(11-4-2-3-5-11)6-7-14(13)15(10)16/h6-7,10-12H,2-5,8-9H2,1H3.